The van der Waals surface area contributed by atoms with Gasteiger partial charge in [0.15, 0.2) is 0 Å². The molecule has 0 aromatic heterocycles. The molecule has 0 spiro atoms. The van der Waals surface area contributed by atoms with Crippen molar-refractivity contribution in [2.45, 2.75) is 44.7 Å². The molecule has 7 heteroatoms. The maximum absolute atomic E-state index is 12.4. The zero-order valence-corrected chi connectivity index (χ0v) is 8.74. The first-order valence-electron chi connectivity index (χ1n) is 4.81. The van der Waals surface area contributed by atoms with Crippen LogP contribution in [0.5, 0.6) is 0 Å². The molecule has 0 N–H and O–H groups in total. The predicted molar refractivity (Wildman–Crippen MR) is 46.1 cm³/mol. The minimum atomic E-state index is -5.52. The minimum absolute atomic E-state index is 0.0372. The van der Waals surface area contributed by atoms with E-state index < -0.39 is 24.5 Å². The van der Waals surface area contributed by atoms with Gasteiger partial charge in [0.05, 0.1) is 6.61 Å². The Morgan fingerprint density at radius 2 is 1.69 bits per heavy atom. The van der Waals surface area contributed by atoms with Crippen LogP contribution in [0.4, 0.5) is 22.0 Å². The Balaban J connectivity index is 3.78. The van der Waals surface area contributed by atoms with E-state index in [9.17, 15) is 26.7 Å². The maximum atomic E-state index is 12.4. The molecule has 16 heavy (non-hydrogen) atoms. The number of unbranched alkanes of at least 4 members (excludes halogenated alkanes) is 1. The fourth-order valence-corrected chi connectivity index (χ4v) is 0.991. The smallest absolute Gasteiger partial charge is 0.453 e. The first-order chi connectivity index (χ1) is 7.20. The number of alkyl halides is 5. The van der Waals surface area contributed by atoms with Gasteiger partial charge in [-0.2, -0.15) is 22.0 Å². The van der Waals surface area contributed by atoms with Crippen LogP contribution in [-0.2, 0) is 9.53 Å². The van der Waals surface area contributed by atoms with Crippen LogP contribution in [0.2, 0.25) is 0 Å². The molecule has 0 aliphatic heterocycles. The molecule has 0 bridgehead atoms. The number of carbonyl (C=O) groups excluding carboxylic acids is 1. The van der Waals surface area contributed by atoms with Gasteiger partial charge >= 0.3 is 18.1 Å². The van der Waals surface area contributed by atoms with Crippen molar-refractivity contribution in [3.63, 3.8) is 0 Å². The Hall–Kier alpha value is -0.880. The SMILES string of the molecule is CCOC(=O)CCCCC(F)(F)C(F)(F)F. The Morgan fingerprint density at radius 1 is 1.12 bits per heavy atom. The Labute approximate surface area is 89.8 Å². The second-order valence-electron chi connectivity index (χ2n) is 3.21. The van der Waals surface area contributed by atoms with Gasteiger partial charge in [-0.15, -0.1) is 0 Å². The quantitative estimate of drug-likeness (QED) is 0.409. The van der Waals surface area contributed by atoms with Crippen molar-refractivity contribution >= 4 is 5.97 Å². The van der Waals surface area contributed by atoms with E-state index >= 15 is 0 Å². The van der Waals surface area contributed by atoms with E-state index in [4.69, 9.17) is 0 Å². The average molecular weight is 248 g/mol. The molecule has 0 heterocycles. The number of hydrogen-bond donors (Lipinski definition) is 0. The fraction of sp³-hybridized carbons (Fsp3) is 0.889. The summed E-state index contributed by atoms with van der Waals surface area (Å²) in [5.74, 6) is -5.26. The molecule has 0 unspecified atom stereocenters. The van der Waals surface area contributed by atoms with E-state index in [1.165, 1.54) is 0 Å². The molecular weight excluding hydrogens is 235 g/mol. The third kappa shape index (κ3) is 5.27. The van der Waals surface area contributed by atoms with Gasteiger partial charge < -0.3 is 4.74 Å². The van der Waals surface area contributed by atoms with Gasteiger partial charge in [0.1, 0.15) is 0 Å². The number of carbonyl (C=O) groups is 1. The number of hydrogen-bond acceptors (Lipinski definition) is 2. The Kier molecular flexibility index (Phi) is 5.67. The highest BCUT2D eigenvalue weighted by atomic mass is 19.4. The molecule has 0 aliphatic rings. The lowest BCUT2D eigenvalue weighted by Crippen LogP contribution is -2.36. The van der Waals surface area contributed by atoms with E-state index in [2.05, 4.69) is 4.74 Å². The van der Waals surface area contributed by atoms with E-state index in [0.29, 0.717) is 0 Å². The third-order valence-corrected chi connectivity index (χ3v) is 1.84. The highest BCUT2D eigenvalue weighted by Gasteiger charge is 2.56. The first kappa shape index (κ1) is 15.1. The first-order valence-corrected chi connectivity index (χ1v) is 4.81. The monoisotopic (exact) mass is 248 g/mol. The van der Waals surface area contributed by atoms with Crippen LogP contribution in [0.1, 0.15) is 32.6 Å². The average Bonchev–Trinajstić information content (AvgIpc) is 2.11. The van der Waals surface area contributed by atoms with Crippen LogP contribution in [0, 0.1) is 0 Å². The lowest BCUT2D eigenvalue weighted by Gasteiger charge is -2.18. The zero-order valence-electron chi connectivity index (χ0n) is 8.74. The van der Waals surface area contributed by atoms with Crippen molar-refractivity contribution in [1.82, 2.24) is 0 Å². The summed E-state index contributed by atoms with van der Waals surface area (Å²) in [6.07, 6.45) is -7.36. The number of rotatable bonds is 6. The van der Waals surface area contributed by atoms with E-state index in [1.807, 2.05) is 0 Å². The second-order valence-corrected chi connectivity index (χ2v) is 3.21. The van der Waals surface area contributed by atoms with Gasteiger partial charge in [0.2, 0.25) is 0 Å². The van der Waals surface area contributed by atoms with Crippen LogP contribution < -0.4 is 0 Å². The Morgan fingerprint density at radius 3 is 2.12 bits per heavy atom. The molecule has 0 aliphatic carbocycles. The Bertz CT molecular complexity index is 224. The van der Waals surface area contributed by atoms with Crippen molar-refractivity contribution in [2.24, 2.45) is 0 Å². The molecular formula is C9H13F5O2. The summed E-state index contributed by atoms with van der Waals surface area (Å²) in [7, 11) is 0. The van der Waals surface area contributed by atoms with Gasteiger partial charge in [-0.05, 0) is 19.8 Å². The summed E-state index contributed by atoms with van der Waals surface area (Å²) >= 11 is 0. The van der Waals surface area contributed by atoms with E-state index in [1.54, 1.807) is 6.92 Å². The van der Waals surface area contributed by atoms with Crippen molar-refractivity contribution in [1.29, 1.82) is 0 Å². The summed E-state index contributed by atoms with van der Waals surface area (Å²) in [6.45, 7) is 1.74. The number of halogens is 5. The normalized spacial score (nSPS) is 12.6. The van der Waals surface area contributed by atoms with E-state index in [-0.39, 0.29) is 25.9 Å². The maximum Gasteiger partial charge on any atom is 0.453 e. The predicted octanol–water partition coefficient (Wildman–Crippen LogP) is 3.31. The molecule has 0 rings (SSSR count). The number of ether oxygens (including phenoxy) is 1. The van der Waals surface area contributed by atoms with Crippen molar-refractivity contribution < 1.29 is 31.5 Å². The molecule has 96 valence electrons. The second kappa shape index (κ2) is 6.00. The molecule has 0 radical (unpaired) electrons. The van der Waals surface area contributed by atoms with E-state index in [0.717, 1.165) is 0 Å². The van der Waals surface area contributed by atoms with Crippen molar-refractivity contribution in [3.8, 4) is 0 Å². The van der Waals surface area contributed by atoms with Gasteiger partial charge in [0.25, 0.3) is 0 Å². The molecule has 0 fully saturated rings. The molecule has 0 saturated carbocycles. The summed E-state index contributed by atoms with van der Waals surface area (Å²) in [6, 6.07) is 0. The standard InChI is InChI=1S/C9H13F5O2/c1-2-16-7(15)5-3-4-6-8(10,11)9(12,13)14/h2-6H2,1H3. The molecule has 0 atom stereocenters. The number of esters is 1. The summed E-state index contributed by atoms with van der Waals surface area (Å²) in [5.41, 5.74) is 0. The van der Waals surface area contributed by atoms with Gasteiger partial charge in [-0.25, -0.2) is 0 Å². The third-order valence-electron chi connectivity index (χ3n) is 1.84. The highest BCUT2D eigenvalue weighted by molar-refractivity contribution is 5.69. The molecule has 2 nitrogen and oxygen atoms in total. The van der Waals surface area contributed by atoms with Gasteiger partial charge in [-0.1, -0.05) is 0 Å². The van der Waals surface area contributed by atoms with Crippen LogP contribution >= 0.6 is 0 Å². The molecule has 0 aromatic rings. The minimum Gasteiger partial charge on any atom is -0.466 e. The zero-order chi connectivity index (χ0) is 12.8. The van der Waals surface area contributed by atoms with Gasteiger partial charge in [0, 0.05) is 12.8 Å². The largest absolute Gasteiger partial charge is 0.466 e. The van der Waals surface area contributed by atoms with Crippen LogP contribution in [0.25, 0.3) is 0 Å². The van der Waals surface area contributed by atoms with Crippen molar-refractivity contribution in [3.05, 3.63) is 0 Å². The molecule has 0 aromatic carbocycles. The summed E-state index contributed by atoms with van der Waals surface area (Å²) in [4.78, 5) is 10.7. The molecule has 0 saturated heterocycles. The lowest BCUT2D eigenvalue weighted by molar-refractivity contribution is -0.284. The molecule has 0 amide bonds. The topological polar surface area (TPSA) is 26.3 Å². The summed E-state index contributed by atoms with van der Waals surface area (Å²) in [5, 5.41) is 0. The van der Waals surface area contributed by atoms with Crippen LogP contribution in [-0.4, -0.2) is 24.7 Å². The summed E-state index contributed by atoms with van der Waals surface area (Å²) < 4.78 is 64.3. The van der Waals surface area contributed by atoms with Crippen LogP contribution in [0.15, 0.2) is 0 Å². The fourth-order valence-electron chi connectivity index (χ4n) is 0.991. The lowest BCUT2D eigenvalue weighted by atomic mass is 10.1. The highest BCUT2D eigenvalue weighted by Crippen LogP contribution is 2.39. The van der Waals surface area contributed by atoms with Crippen LogP contribution in [0.3, 0.4) is 0 Å². The van der Waals surface area contributed by atoms with Crippen molar-refractivity contribution in [2.75, 3.05) is 6.61 Å². The van der Waals surface area contributed by atoms with Gasteiger partial charge in [-0.3, -0.25) is 4.79 Å².